The molecule has 3 rings (SSSR count). The third kappa shape index (κ3) is 6.13. The molecule has 3 aromatic rings. The van der Waals surface area contributed by atoms with Gasteiger partial charge in [0.15, 0.2) is 11.0 Å². The Morgan fingerprint density at radius 1 is 1.06 bits per heavy atom. The zero-order valence-corrected chi connectivity index (χ0v) is 19.6. The molecule has 0 aliphatic rings. The van der Waals surface area contributed by atoms with Crippen molar-refractivity contribution >= 4 is 64.1 Å². The summed E-state index contributed by atoms with van der Waals surface area (Å²) < 4.78 is 1.73. The number of rotatable bonds is 7. The van der Waals surface area contributed by atoms with Crippen LogP contribution in [-0.4, -0.2) is 32.3 Å². The number of halogens is 3. The van der Waals surface area contributed by atoms with E-state index < -0.39 is 6.04 Å². The number of nitrogens with one attached hydrogen (secondary N) is 2. The molecule has 1 aromatic heterocycles. The zero-order chi connectivity index (χ0) is 22.5. The van der Waals surface area contributed by atoms with Crippen LogP contribution in [0, 0.1) is 0 Å². The van der Waals surface area contributed by atoms with Gasteiger partial charge in [0.05, 0.1) is 22.4 Å². The van der Waals surface area contributed by atoms with E-state index in [9.17, 15) is 9.59 Å². The highest BCUT2D eigenvalue weighted by atomic mass is 35.5. The van der Waals surface area contributed by atoms with Crippen LogP contribution in [0.1, 0.15) is 29.1 Å². The van der Waals surface area contributed by atoms with Gasteiger partial charge in [0.2, 0.25) is 5.91 Å². The number of anilines is 1. The molecule has 162 valence electrons. The second kappa shape index (κ2) is 10.4. The first-order valence-corrected chi connectivity index (χ1v) is 11.2. The number of hydrogen-bond acceptors (Lipinski definition) is 5. The summed E-state index contributed by atoms with van der Waals surface area (Å²) in [6.07, 6.45) is 0. The molecular weight excluding hydrogens is 481 g/mol. The molecule has 0 radical (unpaired) electrons. The lowest BCUT2D eigenvalue weighted by atomic mass is 10.2. The van der Waals surface area contributed by atoms with Crippen molar-refractivity contribution in [2.45, 2.75) is 18.1 Å². The van der Waals surface area contributed by atoms with Gasteiger partial charge in [-0.1, -0.05) is 46.6 Å². The molecule has 0 fully saturated rings. The van der Waals surface area contributed by atoms with Gasteiger partial charge < -0.3 is 15.2 Å². The predicted molar refractivity (Wildman–Crippen MR) is 124 cm³/mol. The number of hydrogen-bond donors (Lipinski definition) is 2. The Hall–Kier alpha value is -2.26. The van der Waals surface area contributed by atoms with E-state index in [0.717, 1.165) is 0 Å². The number of amides is 2. The lowest BCUT2D eigenvalue weighted by Crippen LogP contribution is -2.28. The largest absolute Gasteiger partial charge is 0.342 e. The number of carbonyl (C=O) groups is 2. The Kier molecular flexibility index (Phi) is 7.83. The standard InChI is InChI=1S/C20H18Cl3N5O2S/c1-11(24-19(30)15-8-5-13(22)9-16(15)23)18-26-27-20(28(18)2)31-10-17(29)25-14-6-3-12(21)4-7-14/h3-9,11H,10H2,1-2H3,(H,24,30)(H,25,29)/t11-/m1/s1. The summed E-state index contributed by atoms with van der Waals surface area (Å²) in [6, 6.07) is 11.1. The van der Waals surface area contributed by atoms with E-state index >= 15 is 0 Å². The highest BCUT2D eigenvalue weighted by Crippen LogP contribution is 2.23. The minimum absolute atomic E-state index is 0.149. The van der Waals surface area contributed by atoms with Gasteiger partial charge in [-0.25, -0.2) is 0 Å². The molecule has 0 bridgehead atoms. The predicted octanol–water partition coefficient (Wildman–Crippen LogP) is 5.00. The van der Waals surface area contributed by atoms with Gasteiger partial charge in [-0.15, -0.1) is 10.2 Å². The molecule has 0 saturated carbocycles. The zero-order valence-electron chi connectivity index (χ0n) is 16.5. The molecule has 0 aliphatic carbocycles. The summed E-state index contributed by atoms with van der Waals surface area (Å²) in [5.41, 5.74) is 0.972. The lowest BCUT2D eigenvalue weighted by molar-refractivity contribution is -0.113. The van der Waals surface area contributed by atoms with Gasteiger partial charge in [-0.2, -0.15) is 0 Å². The average Bonchev–Trinajstić information content (AvgIpc) is 3.08. The first kappa shape index (κ1) is 23.4. The summed E-state index contributed by atoms with van der Waals surface area (Å²) in [6.45, 7) is 1.79. The van der Waals surface area contributed by atoms with Gasteiger partial charge in [0.1, 0.15) is 0 Å². The molecule has 2 aromatic carbocycles. The molecule has 0 unspecified atom stereocenters. The number of carbonyl (C=O) groups excluding carboxylic acids is 2. The number of aromatic nitrogens is 3. The molecule has 7 nitrogen and oxygen atoms in total. The Bertz CT molecular complexity index is 1100. The van der Waals surface area contributed by atoms with Crippen LogP contribution in [0.25, 0.3) is 0 Å². The molecular formula is C20H18Cl3N5O2S. The maximum atomic E-state index is 12.5. The van der Waals surface area contributed by atoms with Crippen molar-refractivity contribution in [3.8, 4) is 0 Å². The summed E-state index contributed by atoms with van der Waals surface area (Å²) in [5, 5.41) is 15.7. The van der Waals surface area contributed by atoms with Gasteiger partial charge in [0, 0.05) is 22.8 Å². The Morgan fingerprint density at radius 2 is 1.74 bits per heavy atom. The van der Waals surface area contributed by atoms with Crippen molar-refractivity contribution in [1.29, 1.82) is 0 Å². The quantitative estimate of drug-likeness (QED) is 0.448. The van der Waals surface area contributed by atoms with E-state index in [1.807, 2.05) is 0 Å². The van der Waals surface area contributed by atoms with Crippen LogP contribution in [0.4, 0.5) is 5.69 Å². The Labute approximate surface area is 198 Å². The monoisotopic (exact) mass is 497 g/mol. The lowest BCUT2D eigenvalue weighted by Gasteiger charge is -2.14. The van der Waals surface area contributed by atoms with Gasteiger partial charge in [-0.05, 0) is 49.4 Å². The highest BCUT2D eigenvalue weighted by molar-refractivity contribution is 7.99. The normalized spacial score (nSPS) is 11.8. The number of thioether (sulfide) groups is 1. The van der Waals surface area contributed by atoms with Crippen molar-refractivity contribution in [2.24, 2.45) is 7.05 Å². The molecule has 1 heterocycles. The van der Waals surface area contributed by atoms with Crippen LogP contribution >= 0.6 is 46.6 Å². The molecule has 11 heteroatoms. The van der Waals surface area contributed by atoms with Gasteiger partial charge >= 0.3 is 0 Å². The fourth-order valence-corrected chi connectivity index (χ4v) is 4.04. The third-order valence-corrected chi connectivity index (χ3v) is 6.06. The van der Waals surface area contributed by atoms with Gasteiger partial charge in [0.25, 0.3) is 5.91 Å². The van der Waals surface area contributed by atoms with Crippen LogP contribution in [0.15, 0.2) is 47.6 Å². The molecule has 2 amide bonds. The van der Waals surface area contributed by atoms with E-state index in [-0.39, 0.29) is 22.6 Å². The van der Waals surface area contributed by atoms with Crippen molar-refractivity contribution in [1.82, 2.24) is 20.1 Å². The molecule has 1 atom stereocenters. The molecule has 0 aliphatic heterocycles. The first-order valence-electron chi connectivity index (χ1n) is 9.08. The number of nitrogens with zero attached hydrogens (tertiary/aromatic N) is 3. The fourth-order valence-electron chi connectivity index (χ4n) is 2.70. The maximum absolute atomic E-state index is 12.5. The van der Waals surface area contributed by atoms with Crippen molar-refractivity contribution < 1.29 is 9.59 Å². The van der Waals surface area contributed by atoms with Crippen molar-refractivity contribution in [3.63, 3.8) is 0 Å². The topological polar surface area (TPSA) is 88.9 Å². The van der Waals surface area contributed by atoms with Gasteiger partial charge in [-0.3, -0.25) is 9.59 Å². The average molecular weight is 499 g/mol. The van der Waals surface area contributed by atoms with Crippen molar-refractivity contribution in [2.75, 3.05) is 11.1 Å². The second-order valence-electron chi connectivity index (χ2n) is 6.56. The van der Waals surface area contributed by atoms with E-state index in [2.05, 4.69) is 20.8 Å². The summed E-state index contributed by atoms with van der Waals surface area (Å²) >= 11 is 19.1. The fraction of sp³-hybridized carbons (Fsp3) is 0.200. The Morgan fingerprint density at radius 3 is 2.42 bits per heavy atom. The molecule has 31 heavy (non-hydrogen) atoms. The minimum atomic E-state index is -0.436. The van der Waals surface area contributed by atoms with Crippen LogP contribution in [0.5, 0.6) is 0 Å². The maximum Gasteiger partial charge on any atom is 0.253 e. The summed E-state index contributed by atoms with van der Waals surface area (Å²) in [4.78, 5) is 24.7. The van der Waals surface area contributed by atoms with E-state index in [1.54, 1.807) is 54.9 Å². The summed E-state index contributed by atoms with van der Waals surface area (Å²) in [5.74, 6) is 0.152. The third-order valence-electron chi connectivity index (χ3n) is 4.24. The van der Waals surface area contributed by atoms with Crippen LogP contribution in [0.3, 0.4) is 0 Å². The second-order valence-corrected chi connectivity index (χ2v) is 8.79. The molecule has 0 spiro atoms. The SMILES string of the molecule is C[C@@H](NC(=O)c1ccc(Cl)cc1Cl)c1nnc(SCC(=O)Nc2ccc(Cl)cc2)n1C. The van der Waals surface area contributed by atoms with Crippen LogP contribution < -0.4 is 10.6 Å². The Balaban J connectivity index is 1.59. The van der Waals surface area contributed by atoms with Crippen LogP contribution in [0.2, 0.25) is 15.1 Å². The van der Waals surface area contributed by atoms with Crippen LogP contribution in [-0.2, 0) is 11.8 Å². The highest BCUT2D eigenvalue weighted by Gasteiger charge is 2.20. The molecule has 2 N–H and O–H groups in total. The van der Waals surface area contributed by atoms with E-state index in [1.165, 1.54) is 17.8 Å². The van der Waals surface area contributed by atoms with E-state index in [4.69, 9.17) is 34.8 Å². The first-order chi connectivity index (χ1) is 14.7. The summed E-state index contributed by atoms with van der Waals surface area (Å²) in [7, 11) is 1.77. The number of benzene rings is 2. The smallest absolute Gasteiger partial charge is 0.253 e. The molecule has 0 saturated heterocycles. The van der Waals surface area contributed by atoms with Crippen molar-refractivity contribution in [3.05, 3.63) is 68.9 Å². The minimum Gasteiger partial charge on any atom is -0.342 e. The van der Waals surface area contributed by atoms with E-state index in [0.29, 0.717) is 32.3 Å².